The van der Waals surface area contributed by atoms with E-state index < -0.39 is 6.03 Å². The van der Waals surface area contributed by atoms with Crippen LogP contribution in [0.25, 0.3) is 0 Å². The summed E-state index contributed by atoms with van der Waals surface area (Å²) in [5.74, 6) is 0. The average Bonchev–Trinajstić information content (AvgIpc) is 3.04. The second kappa shape index (κ2) is 16.5. The lowest BCUT2D eigenvalue weighted by Crippen LogP contribution is -2.29. The van der Waals surface area contributed by atoms with Crippen molar-refractivity contribution in [2.75, 3.05) is 6.54 Å². The first-order valence-electron chi connectivity index (χ1n) is 8.23. The van der Waals surface area contributed by atoms with Crippen LogP contribution in [0.15, 0.2) is 18.7 Å². The molecule has 1 rings (SSSR count). The first-order chi connectivity index (χ1) is 10.3. The first kappa shape index (κ1) is 19.5. The Morgan fingerprint density at radius 3 is 2.00 bits per heavy atom. The van der Waals surface area contributed by atoms with Crippen molar-refractivity contribution in [1.82, 2.24) is 15.3 Å². The summed E-state index contributed by atoms with van der Waals surface area (Å²) in [6.45, 7) is 2.98. The molecule has 0 bridgehead atoms. The van der Waals surface area contributed by atoms with E-state index in [2.05, 4.69) is 22.2 Å². The molecule has 0 aliphatic carbocycles. The highest BCUT2D eigenvalue weighted by atomic mass is 16.2. The molecule has 5 heteroatoms. The number of urea groups is 1. The van der Waals surface area contributed by atoms with Crippen molar-refractivity contribution in [3.63, 3.8) is 0 Å². The van der Waals surface area contributed by atoms with Crippen LogP contribution in [0.3, 0.4) is 0 Å². The van der Waals surface area contributed by atoms with Gasteiger partial charge in [-0.2, -0.15) is 0 Å². The number of H-pyrrole nitrogens is 1. The molecule has 0 radical (unpaired) electrons. The second-order valence-corrected chi connectivity index (χ2v) is 5.23. The molecule has 0 spiro atoms. The number of amides is 2. The summed E-state index contributed by atoms with van der Waals surface area (Å²) in [6.07, 6.45) is 18.2. The number of nitrogens with zero attached hydrogens (tertiary/aromatic N) is 1. The number of rotatable bonds is 11. The van der Waals surface area contributed by atoms with Gasteiger partial charge in [-0.25, -0.2) is 9.78 Å². The van der Waals surface area contributed by atoms with Crippen molar-refractivity contribution in [2.45, 2.75) is 71.1 Å². The van der Waals surface area contributed by atoms with E-state index >= 15 is 0 Å². The van der Waals surface area contributed by atoms with Crippen LogP contribution in [0.2, 0.25) is 0 Å². The third kappa shape index (κ3) is 18.5. The molecule has 0 fully saturated rings. The minimum absolute atomic E-state index is 0.407. The molecule has 1 aromatic rings. The second-order valence-electron chi connectivity index (χ2n) is 5.23. The number of imidazole rings is 1. The zero-order chi connectivity index (χ0) is 15.6. The molecule has 0 saturated carbocycles. The Labute approximate surface area is 129 Å². The lowest BCUT2D eigenvalue weighted by molar-refractivity contribution is 0.248. The monoisotopic (exact) mass is 296 g/mol. The van der Waals surface area contributed by atoms with Gasteiger partial charge in [-0.3, -0.25) is 0 Å². The molecule has 0 atom stereocenters. The Morgan fingerprint density at radius 1 is 1.05 bits per heavy atom. The zero-order valence-electron chi connectivity index (χ0n) is 13.4. The number of carbonyl (C=O) groups is 1. The van der Waals surface area contributed by atoms with Crippen LogP contribution in [0, 0.1) is 0 Å². The summed E-state index contributed by atoms with van der Waals surface area (Å²) in [6, 6.07) is -0.407. The van der Waals surface area contributed by atoms with Gasteiger partial charge in [0.15, 0.2) is 0 Å². The van der Waals surface area contributed by atoms with E-state index in [9.17, 15) is 4.79 Å². The van der Waals surface area contributed by atoms with Gasteiger partial charge in [-0.1, -0.05) is 64.7 Å². The highest BCUT2D eigenvalue weighted by molar-refractivity contribution is 5.71. The van der Waals surface area contributed by atoms with Crippen LogP contribution >= 0.6 is 0 Å². The van der Waals surface area contributed by atoms with Crippen molar-refractivity contribution in [3.05, 3.63) is 18.7 Å². The summed E-state index contributed by atoms with van der Waals surface area (Å²) in [4.78, 5) is 16.8. The number of hydrogen-bond acceptors (Lipinski definition) is 2. The van der Waals surface area contributed by atoms with Gasteiger partial charge < -0.3 is 16.0 Å². The summed E-state index contributed by atoms with van der Waals surface area (Å²) in [5.41, 5.74) is 4.96. The van der Waals surface area contributed by atoms with E-state index in [4.69, 9.17) is 5.73 Å². The highest BCUT2D eigenvalue weighted by Gasteiger charge is 1.93. The van der Waals surface area contributed by atoms with E-state index in [1.54, 1.807) is 18.7 Å². The minimum atomic E-state index is -0.407. The van der Waals surface area contributed by atoms with Crippen LogP contribution in [0.4, 0.5) is 4.79 Å². The maximum atomic E-state index is 10.4. The van der Waals surface area contributed by atoms with Gasteiger partial charge in [0, 0.05) is 18.9 Å². The number of hydrogen-bond donors (Lipinski definition) is 3. The number of aromatic nitrogens is 2. The van der Waals surface area contributed by atoms with Crippen molar-refractivity contribution in [3.8, 4) is 0 Å². The molecular weight excluding hydrogens is 264 g/mol. The third-order valence-electron chi connectivity index (χ3n) is 3.24. The third-order valence-corrected chi connectivity index (χ3v) is 3.24. The molecule has 2 amide bonds. The first-order valence-corrected chi connectivity index (χ1v) is 8.23. The predicted molar refractivity (Wildman–Crippen MR) is 88.0 cm³/mol. The van der Waals surface area contributed by atoms with Gasteiger partial charge in [0.1, 0.15) is 0 Å². The van der Waals surface area contributed by atoms with Gasteiger partial charge in [0.2, 0.25) is 0 Å². The summed E-state index contributed by atoms with van der Waals surface area (Å²) in [7, 11) is 0. The number of carbonyl (C=O) groups excluding carboxylic acids is 1. The smallest absolute Gasteiger partial charge is 0.312 e. The lowest BCUT2D eigenvalue weighted by atomic mass is 10.1. The fraction of sp³-hybridized carbons (Fsp3) is 0.750. The fourth-order valence-corrected chi connectivity index (χ4v) is 2.04. The van der Waals surface area contributed by atoms with Gasteiger partial charge >= 0.3 is 6.03 Å². The molecule has 0 unspecified atom stereocenters. The molecule has 0 aliphatic rings. The number of primary amides is 1. The van der Waals surface area contributed by atoms with Gasteiger partial charge in [0.05, 0.1) is 6.33 Å². The molecule has 0 aromatic carbocycles. The standard InChI is InChI=1S/C13H28N2O.C3H4N2/c1-2-3-4-5-6-7-8-9-10-11-12-15-13(14)16;1-2-5-3-4-1/h2-12H2,1H3,(H3,14,15,16);1-3H,(H,4,5). The number of nitrogens with two attached hydrogens (primary N) is 1. The molecule has 0 saturated heterocycles. The molecule has 5 nitrogen and oxygen atoms in total. The van der Waals surface area contributed by atoms with Crippen LogP contribution in [0.1, 0.15) is 71.1 Å². The summed E-state index contributed by atoms with van der Waals surface area (Å²) < 4.78 is 0. The quantitative estimate of drug-likeness (QED) is 0.539. The Bertz CT molecular complexity index is 284. The Morgan fingerprint density at radius 2 is 1.62 bits per heavy atom. The topological polar surface area (TPSA) is 83.8 Å². The summed E-state index contributed by atoms with van der Waals surface area (Å²) in [5, 5.41) is 2.61. The average molecular weight is 296 g/mol. The van der Waals surface area contributed by atoms with Crippen LogP contribution < -0.4 is 11.1 Å². The van der Waals surface area contributed by atoms with Gasteiger partial charge in [-0.15, -0.1) is 0 Å². The van der Waals surface area contributed by atoms with Gasteiger partial charge in [-0.05, 0) is 6.42 Å². The number of unbranched alkanes of at least 4 members (excludes halogenated alkanes) is 9. The van der Waals surface area contributed by atoms with Crippen LogP contribution in [-0.4, -0.2) is 22.5 Å². The number of aromatic amines is 1. The van der Waals surface area contributed by atoms with Crippen LogP contribution in [0.5, 0.6) is 0 Å². The largest absolute Gasteiger partial charge is 0.352 e. The van der Waals surface area contributed by atoms with Crippen molar-refractivity contribution >= 4 is 6.03 Å². The Hall–Kier alpha value is -1.52. The Balaban J connectivity index is 0.000000662. The molecular formula is C16H32N4O. The molecule has 122 valence electrons. The van der Waals surface area contributed by atoms with E-state index in [-0.39, 0.29) is 0 Å². The molecule has 1 heterocycles. The van der Waals surface area contributed by atoms with E-state index in [0.717, 1.165) is 13.0 Å². The molecule has 21 heavy (non-hydrogen) atoms. The van der Waals surface area contributed by atoms with Gasteiger partial charge in [0.25, 0.3) is 0 Å². The van der Waals surface area contributed by atoms with Crippen molar-refractivity contribution < 1.29 is 4.79 Å². The minimum Gasteiger partial charge on any atom is -0.352 e. The predicted octanol–water partition coefficient (Wildman–Crippen LogP) is 3.99. The fourth-order valence-electron chi connectivity index (χ4n) is 2.04. The van der Waals surface area contributed by atoms with Crippen molar-refractivity contribution in [1.29, 1.82) is 0 Å². The normalized spacial score (nSPS) is 9.76. The Kier molecular flexibility index (Phi) is 15.3. The summed E-state index contributed by atoms with van der Waals surface area (Å²) >= 11 is 0. The maximum Gasteiger partial charge on any atom is 0.312 e. The van der Waals surface area contributed by atoms with Crippen LogP contribution in [-0.2, 0) is 0 Å². The zero-order valence-corrected chi connectivity index (χ0v) is 13.4. The number of nitrogens with one attached hydrogen (secondary N) is 2. The molecule has 4 N–H and O–H groups in total. The maximum absolute atomic E-state index is 10.4. The molecule has 0 aliphatic heterocycles. The highest BCUT2D eigenvalue weighted by Crippen LogP contribution is 2.10. The van der Waals surface area contributed by atoms with E-state index in [1.807, 2.05) is 0 Å². The van der Waals surface area contributed by atoms with E-state index in [1.165, 1.54) is 57.8 Å². The van der Waals surface area contributed by atoms with E-state index in [0.29, 0.717) is 0 Å². The molecule has 1 aromatic heterocycles. The SMILES string of the molecule is CCCCCCCCCCCCNC(N)=O.c1c[nH]cn1. The van der Waals surface area contributed by atoms with Crippen molar-refractivity contribution in [2.24, 2.45) is 5.73 Å². The lowest BCUT2D eigenvalue weighted by Gasteiger charge is -2.02.